The summed E-state index contributed by atoms with van der Waals surface area (Å²) in [6.45, 7) is 1.89. The van der Waals surface area contributed by atoms with Crippen LogP contribution in [0.1, 0.15) is 38.8 Å². The van der Waals surface area contributed by atoms with Gasteiger partial charge in [0.05, 0.1) is 6.04 Å². The van der Waals surface area contributed by atoms with Crippen molar-refractivity contribution in [3.8, 4) is 0 Å². The van der Waals surface area contributed by atoms with E-state index >= 15 is 0 Å². The van der Waals surface area contributed by atoms with E-state index in [9.17, 15) is 22.8 Å². The molecule has 1 atom stereocenters. The molecule has 2 N–H and O–H groups in total. The van der Waals surface area contributed by atoms with E-state index < -0.39 is 29.4 Å². The van der Waals surface area contributed by atoms with Gasteiger partial charge < -0.3 is 10.3 Å². The molecule has 3 aromatic rings. The molecule has 0 bridgehead atoms. The minimum Gasteiger partial charge on any atom is -0.341 e. The molecule has 1 amide bonds. The van der Waals surface area contributed by atoms with Crippen LogP contribution in [-0.2, 0) is 6.18 Å². The number of H-pyrrole nitrogens is 1. The van der Waals surface area contributed by atoms with Crippen molar-refractivity contribution in [3.05, 3.63) is 105 Å². The Morgan fingerprint density at radius 2 is 1.61 bits per heavy atom. The number of pyridine rings is 1. The molecule has 3 rings (SSSR count). The van der Waals surface area contributed by atoms with Gasteiger partial charge in [0.25, 0.3) is 11.5 Å². The molecule has 0 aliphatic rings. The lowest BCUT2D eigenvalue weighted by Gasteiger charge is -2.21. The molecule has 1 unspecified atom stereocenters. The zero-order valence-corrected chi connectivity index (χ0v) is 14.9. The normalized spacial score (nSPS) is 12.4. The predicted molar refractivity (Wildman–Crippen MR) is 99.0 cm³/mol. The SMILES string of the molecule is Cc1ccccc1C(NC(=O)c1ccc(C(F)(F)F)[nH]c1=O)c1ccccc1. The van der Waals surface area contributed by atoms with Crippen molar-refractivity contribution in [2.75, 3.05) is 0 Å². The first kappa shape index (κ1) is 19.4. The van der Waals surface area contributed by atoms with Crippen molar-refractivity contribution >= 4 is 5.91 Å². The fraction of sp³-hybridized carbons (Fsp3) is 0.143. The number of alkyl halides is 3. The lowest BCUT2D eigenvalue weighted by molar-refractivity contribution is -0.141. The Balaban J connectivity index is 1.97. The van der Waals surface area contributed by atoms with E-state index in [1.165, 1.54) is 0 Å². The molecule has 2 aromatic carbocycles. The molecular formula is C21H17F3N2O2. The molecule has 144 valence electrons. The van der Waals surface area contributed by atoms with Crippen LogP contribution in [0.25, 0.3) is 0 Å². The van der Waals surface area contributed by atoms with Crippen LogP contribution in [0.2, 0.25) is 0 Å². The lowest BCUT2D eigenvalue weighted by atomic mass is 9.94. The standard InChI is InChI=1S/C21H17F3N2O2/c1-13-7-5-6-10-15(13)18(14-8-3-2-4-9-14)26-20(28)16-11-12-17(21(22,23)24)25-19(16)27/h2-12,18H,1H3,(H,25,27)(H,26,28). The van der Waals surface area contributed by atoms with Crippen molar-refractivity contribution in [2.24, 2.45) is 0 Å². The van der Waals surface area contributed by atoms with Crippen molar-refractivity contribution in [1.29, 1.82) is 0 Å². The average molecular weight is 386 g/mol. The summed E-state index contributed by atoms with van der Waals surface area (Å²) in [5, 5.41) is 2.77. The summed E-state index contributed by atoms with van der Waals surface area (Å²) >= 11 is 0. The van der Waals surface area contributed by atoms with Gasteiger partial charge in [-0.05, 0) is 35.7 Å². The smallest absolute Gasteiger partial charge is 0.341 e. The number of carbonyl (C=O) groups is 1. The summed E-state index contributed by atoms with van der Waals surface area (Å²) in [5.41, 5.74) is -0.143. The summed E-state index contributed by atoms with van der Waals surface area (Å²) < 4.78 is 38.2. The number of benzene rings is 2. The summed E-state index contributed by atoms with van der Waals surface area (Å²) in [6.07, 6.45) is -4.69. The van der Waals surface area contributed by atoms with Crippen LogP contribution in [0.3, 0.4) is 0 Å². The monoisotopic (exact) mass is 386 g/mol. The number of hydrogen-bond acceptors (Lipinski definition) is 2. The van der Waals surface area contributed by atoms with E-state index in [1.54, 1.807) is 4.98 Å². The van der Waals surface area contributed by atoms with Crippen LogP contribution in [0.5, 0.6) is 0 Å². The summed E-state index contributed by atoms with van der Waals surface area (Å²) in [6, 6.07) is 17.6. The number of aromatic amines is 1. The molecule has 28 heavy (non-hydrogen) atoms. The molecule has 0 spiro atoms. The van der Waals surface area contributed by atoms with E-state index in [1.807, 2.05) is 61.5 Å². The van der Waals surface area contributed by atoms with Gasteiger partial charge in [-0.15, -0.1) is 0 Å². The molecule has 0 radical (unpaired) electrons. The summed E-state index contributed by atoms with van der Waals surface area (Å²) in [7, 11) is 0. The minimum atomic E-state index is -4.69. The summed E-state index contributed by atoms with van der Waals surface area (Å²) in [5.74, 6) is -0.757. The number of aryl methyl sites for hydroxylation is 1. The highest BCUT2D eigenvalue weighted by atomic mass is 19.4. The molecular weight excluding hydrogens is 369 g/mol. The highest BCUT2D eigenvalue weighted by Gasteiger charge is 2.32. The van der Waals surface area contributed by atoms with Gasteiger partial charge in [-0.1, -0.05) is 54.6 Å². The zero-order chi connectivity index (χ0) is 20.3. The maximum atomic E-state index is 12.7. The Morgan fingerprint density at radius 3 is 2.21 bits per heavy atom. The van der Waals surface area contributed by atoms with Crippen LogP contribution < -0.4 is 10.9 Å². The molecule has 1 aromatic heterocycles. The van der Waals surface area contributed by atoms with Gasteiger partial charge in [0.2, 0.25) is 0 Å². The highest BCUT2D eigenvalue weighted by molar-refractivity contribution is 5.94. The maximum absolute atomic E-state index is 12.7. The quantitative estimate of drug-likeness (QED) is 0.705. The molecule has 0 aliphatic carbocycles. The second-order valence-corrected chi connectivity index (χ2v) is 6.29. The van der Waals surface area contributed by atoms with Crippen LogP contribution >= 0.6 is 0 Å². The Labute approximate surface area is 159 Å². The number of hydrogen-bond donors (Lipinski definition) is 2. The Bertz CT molecular complexity index is 1040. The second-order valence-electron chi connectivity index (χ2n) is 6.29. The summed E-state index contributed by atoms with van der Waals surface area (Å²) in [4.78, 5) is 26.4. The average Bonchev–Trinajstić information content (AvgIpc) is 2.66. The molecule has 7 heteroatoms. The third kappa shape index (κ3) is 4.14. The fourth-order valence-corrected chi connectivity index (χ4v) is 2.92. The van der Waals surface area contributed by atoms with Crippen LogP contribution in [0, 0.1) is 6.92 Å². The van der Waals surface area contributed by atoms with E-state index in [0.29, 0.717) is 6.07 Å². The Morgan fingerprint density at radius 1 is 0.964 bits per heavy atom. The topological polar surface area (TPSA) is 62.0 Å². The van der Waals surface area contributed by atoms with E-state index in [2.05, 4.69) is 5.32 Å². The van der Waals surface area contributed by atoms with Gasteiger partial charge in [0.15, 0.2) is 0 Å². The number of carbonyl (C=O) groups excluding carboxylic acids is 1. The molecule has 4 nitrogen and oxygen atoms in total. The van der Waals surface area contributed by atoms with Gasteiger partial charge in [0, 0.05) is 0 Å². The van der Waals surface area contributed by atoms with Crippen molar-refractivity contribution in [3.63, 3.8) is 0 Å². The van der Waals surface area contributed by atoms with Gasteiger partial charge in [-0.2, -0.15) is 13.2 Å². The van der Waals surface area contributed by atoms with Crippen LogP contribution in [-0.4, -0.2) is 10.9 Å². The number of rotatable bonds is 4. The van der Waals surface area contributed by atoms with Gasteiger partial charge in [-0.25, -0.2) is 0 Å². The lowest BCUT2D eigenvalue weighted by Crippen LogP contribution is -2.34. The van der Waals surface area contributed by atoms with Gasteiger partial charge in [0.1, 0.15) is 11.3 Å². The van der Waals surface area contributed by atoms with Gasteiger partial charge >= 0.3 is 6.18 Å². The van der Waals surface area contributed by atoms with E-state index in [4.69, 9.17) is 0 Å². The number of nitrogens with one attached hydrogen (secondary N) is 2. The third-order valence-corrected chi connectivity index (χ3v) is 4.37. The highest BCUT2D eigenvalue weighted by Crippen LogP contribution is 2.27. The van der Waals surface area contributed by atoms with Gasteiger partial charge in [-0.3, -0.25) is 9.59 Å². The van der Waals surface area contributed by atoms with Crippen LogP contribution in [0.4, 0.5) is 13.2 Å². The third-order valence-electron chi connectivity index (χ3n) is 4.37. The van der Waals surface area contributed by atoms with Crippen LogP contribution in [0.15, 0.2) is 71.5 Å². The minimum absolute atomic E-state index is 0.387. The largest absolute Gasteiger partial charge is 0.431 e. The number of aromatic nitrogens is 1. The molecule has 0 fully saturated rings. The first-order valence-electron chi connectivity index (χ1n) is 8.49. The van der Waals surface area contributed by atoms with Crippen molar-refractivity contribution < 1.29 is 18.0 Å². The van der Waals surface area contributed by atoms with Crippen molar-refractivity contribution in [1.82, 2.24) is 10.3 Å². The maximum Gasteiger partial charge on any atom is 0.431 e. The van der Waals surface area contributed by atoms with Crippen molar-refractivity contribution in [2.45, 2.75) is 19.1 Å². The van der Waals surface area contributed by atoms with E-state index in [0.717, 1.165) is 22.8 Å². The molecule has 1 heterocycles. The number of halogens is 3. The molecule has 0 aliphatic heterocycles. The Kier molecular flexibility index (Phi) is 5.35. The fourth-order valence-electron chi connectivity index (χ4n) is 2.92. The first-order valence-corrected chi connectivity index (χ1v) is 8.49. The predicted octanol–water partition coefficient (Wildman–Crippen LogP) is 4.22. The second kappa shape index (κ2) is 7.72. The molecule has 0 saturated carbocycles. The first-order chi connectivity index (χ1) is 13.3. The zero-order valence-electron chi connectivity index (χ0n) is 14.9. The number of amides is 1. The molecule has 0 saturated heterocycles. The Hall–Kier alpha value is -3.35. The van der Waals surface area contributed by atoms with E-state index in [-0.39, 0.29) is 5.56 Å².